The van der Waals surface area contributed by atoms with Crippen molar-refractivity contribution in [2.45, 2.75) is 18.4 Å². The predicted octanol–water partition coefficient (Wildman–Crippen LogP) is 2.65. The molecule has 28 heavy (non-hydrogen) atoms. The number of nitrogens with two attached hydrogens (primary N) is 1. The van der Waals surface area contributed by atoms with Gasteiger partial charge in [-0.3, -0.25) is 4.79 Å². The van der Waals surface area contributed by atoms with E-state index in [1.54, 1.807) is 25.4 Å². The Balaban J connectivity index is 1.45. The lowest BCUT2D eigenvalue weighted by Crippen LogP contribution is -2.57. The fraction of sp³-hybridized carbons (Fsp3) is 0.333. The topological polar surface area (TPSA) is 87.5 Å². The zero-order valence-electron chi connectivity index (χ0n) is 15.8. The molecular weight excluding hydrogens is 354 g/mol. The molecule has 1 aromatic carbocycles. The molecule has 0 unspecified atom stereocenters. The van der Waals surface area contributed by atoms with Crippen LogP contribution >= 0.6 is 0 Å². The molecule has 1 aliphatic heterocycles. The van der Waals surface area contributed by atoms with Gasteiger partial charge >= 0.3 is 0 Å². The maximum absolute atomic E-state index is 13.1. The van der Waals surface area contributed by atoms with E-state index in [1.807, 2.05) is 24.4 Å². The molecule has 2 fully saturated rings. The standard InChI is InChI=1S/C21H23N5O2/c1-28-17-12-24-19-16(6-9-23-19)18(17)25-10-11-26(21(13-25)7-8-21)20(27)14-2-4-15(22)5-3-14/h2-6,9,12H,7-8,10-11,13,22H2,1H3,(H,23,24). The first kappa shape index (κ1) is 16.9. The molecule has 0 atom stereocenters. The summed E-state index contributed by atoms with van der Waals surface area (Å²) in [7, 11) is 1.67. The zero-order valence-corrected chi connectivity index (χ0v) is 15.8. The number of methoxy groups -OCH3 is 1. The molecule has 3 aromatic rings. The Morgan fingerprint density at radius 1 is 1.21 bits per heavy atom. The zero-order chi connectivity index (χ0) is 19.3. The van der Waals surface area contributed by atoms with E-state index in [9.17, 15) is 4.79 Å². The van der Waals surface area contributed by atoms with E-state index in [1.165, 1.54) is 0 Å². The van der Waals surface area contributed by atoms with Crippen molar-refractivity contribution in [2.75, 3.05) is 37.4 Å². The highest BCUT2D eigenvalue weighted by molar-refractivity contribution is 5.96. The SMILES string of the molecule is COc1cnc2[nH]ccc2c1N1CCN(C(=O)c2ccc(N)cc2)C2(CC2)C1. The van der Waals surface area contributed by atoms with E-state index >= 15 is 0 Å². The minimum absolute atomic E-state index is 0.0886. The maximum atomic E-state index is 13.1. The summed E-state index contributed by atoms with van der Waals surface area (Å²) in [6.45, 7) is 2.23. The molecule has 2 aliphatic rings. The van der Waals surface area contributed by atoms with Crippen molar-refractivity contribution in [1.82, 2.24) is 14.9 Å². The number of aromatic nitrogens is 2. The van der Waals surface area contributed by atoms with Crippen LogP contribution in [-0.2, 0) is 0 Å². The third kappa shape index (κ3) is 2.58. The van der Waals surface area contributed by atoms with Crippen LogP contribution in [0.25, 0.3) is 11.0 Å². The van der Waals surface area contributed by atoms with Crippen molar-refractivity contribution in [1.29, 1.82) is 0 Å². The summed E-state index contributed by atoms with van der Waals surface area (Å²) in [6.07, 6.45) is 5.70. The van der Waals surface area contributed by atoms with Gasteiger partial charge in [-0.2, -0.15) is 0 Å². The first-order valence-corrected chi connectivity index (χ1v) is 9.54. The Kier molecular flexibility index (Phi) is 3.72. The molecule has 5 rings (SSSR count). The van der Waals surface area contributed by atoms with Crippen molar-refractivity contribution >= 4 is 28.3 Å². The van der Waals surface area contributed by atoms with Gasteiger partial charge in [-0.1, -0.05) is 0 Å². The Morgan fingerprint density at radius 2 is 2.00 bits per heavy atom. The molecule has 1 saturated carbocycles. The van der Waals surface area contributed by atoms with Crippen LogP contribution in [-0.4, -0.2) is 53.1 Å². The van der Waals surface area contributed by atoms with Gasteiger partial charge in [-0.25, -0.2) is 4.98 Å². The van der Waals surface area contributed by atoms with Crippen LogP contribution in [0.3, 0.4) is 0 Å². The average molecular weight is 377 g/mol. The van der Waals surface area contributed by atoms with E-state index in [0.29, 0.717) is 17.8 Å². The molecule has 1 spiro atoms. The molecule has 3 N–H and O–H groups in total. The summed E-state index contributed by atoms with van der Waals surface area (Å²) in [6, 6.07) is 9.23. The predicted molar refractivity (Wildman–Crippen MR) is 109 cm³/mol. The fourth-order valence-corrected chi connectivity index (χ4v) is 4.29. The average Bonchev–Trinajstić information content (AvgIpc) is 3.30. The normalized spacial score (nSPS) is 17.9. The number of rotatable bonds is 3. The number of hydrogen-bond acceptors (Lipinski definition) is 5. The number of H-pyrrole nitrogens is 1. The maximum Gasteiger partial charge on any atom is 0.254 e. The van der Waals surface area contributed by atoms with Crippen molar-refractivity contribution in [2.24, 2.45) is 0 Å². The van der Waals surface area contributed by atoms with Gasteiger partial charge < -0.3 is 25.3 Å². The smallest absolute Gasteiger partial charge is 0.254 e. The number of nitrogens with zero attached hydrogens (tertiary/aromatic N) is 3. The molecule has 3 heterocycles. The monoisotopic (exact) mass is 377 g/mol. The highest BCUT2D eigenvalue weighted by Crippen LogP contribution is 2.47. The highest BCUT2D eigenvalue weighted by Gasteiger charge is 2.53. The van der Waals surface area contributed by atoms with Crippen LogP contribution in [0.4, 0.5) is 11.4 Å². The molecule has 1 amide bonds. The summed E-state index contributed by atoms with van der Waals surface area (Å²) in [5.74, 6) is 0.854. The third-order valence-electron chi connectivity index (χ3n) is 5.94. The van der Waals surface area contributed by atoms with Crippen LogP contribution < -0.4 is 15.4 Å². The molecular formula is C21H23N5O2. The number of pyridine rings is 1. The molecule has 7 nitrogen and oxygen atoms in total. The number of amides is 1. The molecule has 144 valence electrons. The lowest BCUT2D eigenvalue weighted by atomic mass is 10.1. The molecule has 1 saturated heterocycles. The Bertz CT molecular complexity index is 1040. The van der Waals surface area contributed by atoms with Crippen molar-refractivity contribution in [3.8, 4) is 5.75 Å². The van der Waals surface area contributed by atoms with Crippen LogP contribution in [0.2, 0.25) is 0 Å². The number of aromatic amines is 1. The van der Waals surface area contributed by atoms with Gasteiger partial charge in [0.15, 0.2) is 5.75 Å². The van der Waals surface area contributed by atoms with Crippen LogP contribution in [0.1, 0.15) is 23.2 Å². The number of nitrogen functional groups attached to an aromatic ring is 1. The second kappa shape index (κ2) is 6.15. The fourth-order valence-electron chi connectivity index (χ4n) is 4.29. The van der Waals surface area contributed by atoms with Gasteiger partial charge in [0.05, 0.1) is 24.5 Å². The molecule has 7 heteroatoms. The van der Waals surface area contributed by atoms with Crippen molar-refractivity contribution in [3.05, 3.63) is 48.3 Å². The second-order valence-electron chi connectivity index (χ2n) is 7.64. The summed E-state index contributed by atoms with van der Waals surface area (Å²) in [5.41, 5.74) is 8.93. The largest absolute Gasteiger partial charge is 0.493 e. The summed E-state index contributed by atoms with van der Waals surface area (Å²) in [5, 5.41) is 1.05. The summed E-state index contributed by atoms with van der Waals surface area (Å²) < 4.78 is 5.61. The van der Waals surface area contributed by atoms with Gasteiger partial charge in [0, 0.05) is 42.5 Å². The van der Waals surface area contributed by atoms with E-state index < -0.39 is 0 Å². The number of nitrogens with one attached hydrogen (secondary N) is 1. The van der Waals surface area contributed by atoms with E-state index in [-0.39, 0.29) is 11.4 Å². The minimum atomic E-state index is -0.104. The number of piperazine rings is 1. The summed E-state index contributed by atoms with van der Waals surface area (Å²) >= 11 is 0. The lowest BCUT2D eigenvalue weighted by Gasteiger charge is -2.43. The number of carbonyl (C=O) groups is 1. The number of carbonyl (C=O) groups excluding carboxylic acids is 1. The molecule has 1 aliphatic carbocycles. The van der Waals surface area contributed by atoms with Crippen LogP contribution in [0, 0.1) is 0 Å². The quantitative estimate of drug-likeness (QED) is 0.685. The van der Waals surface area contributed by atoms with E-state index in [4.69, 9.17) is 10.5 Å². The number of fused-ring (bicyclic) bond motifs is 1. The van der Waals surface area contributed by atoms with Gasteiger partial charge in [0.25, 0.3) is 5.91 Å². The van der Waals surface area contributed by atoms with Crippen molar-refractivity contribution in [3.63, 3.8) is 0 Å². The molecule has 0 radical (unpaired) electrons. The lowest BCUT2D eigenvalue weighted by molar-refractivity contribution is 0.0624. The second-order valence-corrected chi connectivity index (χ2v) is 7.64. The van der Waals surface area contributed by atoms with Gasteiger partial charge in [-0.15, -0.1) is 0 Å². The van der Waals surface area contributed by atoms with Gasteiger partial charge in [0.1, 0.15) is 5.65 Å². The first-order chi connectivity index (χ1) is 13.6. The molecule has 0 bridgehead atoms. The number of hydrogen-bond donors (Lipinski definition) is 2. The van der Waals surface area contributed by atoms with Crippen LogP contribution in [0.15, 0.2) is 42.7 Å². The van der Waals surface area contributed by atoms with Crippen LogP contribution in [0.5, 0.6) is 5.75 Å². The highest BCUT2D eigenvalue weighted by atomic mass is 16.5. The third-order valence-corrected chi connectivity index (χ3v) is 5.94. The minimum Gasteiger partial charge on any atom is -0.493 e. The van der Waals surface area contributed by atoms with Gasteiger partial charge in [-0.05, 0) is 43.2 Å². The van der Waals surface area contributed by atoms with Gasteiger partial charge in [0.2, 0.25) is 0 Å². The van der Waals surface area contributed by atoms with E-state index in [0.717, 1.165) is 48.4 Å². The number of benzene rings is 1. The molecule has 2 aromatic heterocycles. The van der Waals surface area contributed by atoms with Crippen molar-refractivity contribution < 1.29 is 9.53 Å². The Morgan fingerprint density at radius 3 is 2.71 bits per heavy atom. The Hall–Kier alpha value is -3.22. The Labute approximate surface area is 163 Å². The van der Waals surface area contributed by atoms with E-state index in [2.05, 4.69) is 19.8 Å². The first-order valence-electron chi connectivity index (χ1n) is 9.54. The summed E-state index contributed by atoms with van der Waals surface area (Å²) in [4.78, 5) is 25.1. The number of ether oxygens (including phenoxy) is 1. The number of anilines is 2.